The van der Waals surface area contributed by atoms with Crippen LogP contribution in [0.2, 0.25) is 0 Å². The monoisotopic (exact) mass is 371 g/mol. The second-order valence-corrected chi connectivity index (χ2v) is 7.41. The van der Waals surface area contributed by atoms with Crippen LogP contribution in [-0.2, 0) is 6.42 Å². The molecule has 0 saturated carbocycles. The van der Waals surface area contributed by atoms with Gasteiger partial charge in [0.15, 0.2) is 5.65 Å². The molecule has 140 valence electrons. The van der Waals surface area contributed by atoms with E-state index >= 15 is 0 Å². The highest BCUT2D eigenvalue weighted by Gasteiger charge is 2.15. The van der Waals surface area contributed by atoms with E-state index in [-0.39, 0.29) is 0 Å². The van der Waals surface area contributed by atoms with E-state index in [1.165, 1.54) is 10.4 Å². The summed E-state index contributed by atoms with van der Waals surface area (Å²) in [6, 6.07) is 6.25. The predicted octanol–water partition coefficient (Wildman–Crippen LogP) is 4.47. The maximum absolute atomic E-state index is 4.84. The van der Waals surface area contributed by atoms with Gasteiger partial charge in [-0.05, 0) is 50.8 Å². The summed E-state index contributed by atoms with van der Waals surface area (Å²) in [6.07, 6.45) is 2.06. The molecule has 3 aromatic rings. The Morgan fingerprint density at radius 3 is 2.69 bits per heavy atom. The number of hydrogen-bond donors (Lipinski definition) is 1. The van der Waals surface area contributed by atoms with Gasteiger partial charge in [-0.2, -0.15) is 9.61 Å². The second-order valence-electron chi connectivity index (χ2n) is 6.46. The molecule has 26 heavy (non-hydrogen) atoms. The molecule has 3 heterocycles. The molecule has 3 aromatic heterocycles. The first-order valence-electron chi connectivity index (χ1n) is 9.57. The maximum atomic E-state index is 4.84. The van der Waals surface area contributed by atoms with Crippen molar-refractivity contribution >= 4 is 22.8 Å². The average Bonchev–Trinajstić information content (AvgIpc) is 3.30. The van der Waals surface area contributed by atoms with Crippen molar-refractivity contribution in [3.05, 3.63) is 34.8 Å². The van der Waals surface area contributed by atoms with E-state index in [0.717, 1.165) is 61.9 Å². The fourth-order valence-corrected chi connectivity index (χ4v) is 4.03. The Hall–Kier alpha value is -1.92. The molecule has 0 aromatic carbocycles. The molecular formula is C20H29N5S. The minimum absolute atomic E-state index is 0.911. The summed E-state index contributed by atoms with van der Waals surface area (Å²) in [6.45, 7) is 13.0. The van der Waals surface area contributed by atoms with Crippen molar-refractivity contribution in [3.8, 4) is 10.6 Å². The van der Waals surface area contributed by atoms with Gasteiger partial charge in [0.05, 0.1) is 4.88 Å². The maximum Gasteiger partial charge on any atom is 0.158 e. The van der Waals surface area contributed by atoms with Crippen LogP contribution in [0.25, 0.3) is 16.2 Å². The van der Waals surface area contributed by atoms with Gasteiger partial charge in [0.1, 0.15) is 11.5 Å². The molecule has 0 bridgehead atoms. The molecule has 0 aliphatic rings. The molecule has 0 aliphatic heterocycles. The Morgan fingerprint density at radius 1 is 1.23 bits per heavy atom. The number of nitrogens with zero attached hydrogens (tertiary/aromatic N) is 4. The standard InChI is InChI=1S/C20H29N5S/c1-5-16-15(4)22-19-14-17(18-10-8-13-26-18)23-25(19)20(16)21-11-9-12-24(6-2)7-3/h8,10,13-14,21H,5-7,9,11-12H2,1-4H3. The van der Waals surface area contributed by atoms with Crippen molar-refractivity contribution in [3.63, 3.8) is 0 Å². The molecule has 0 saturated heterocycles. The highest BCUT2D eigenvalue weighted by molar-refractivity contribution is 7.13. The van der Waals surface area contributed by atoms with E-state index in [4.69, 9.17) is 10.1 Å². The third kappa shape index (κ3) is 3.91. The molecule has 0 spiro atoms. The lowest BCUT2D eigenvalue weighted by molar-refractivity contribution is 0.303. The second kappa shape index (κ2) is 8.64. The molecule has 6 heteroatoms. The third-order valence-corrected chi connectivity index (χ3v) is 5.76. The summed E-state index contributed by atoms with van der Waals surface area (Å²) in [5.74, 6) is 1.09. The van der Waals surface area contributed by atoms with E-state index in [1.807, 2.05) is 4.52 Å². The SMILES string of the molecule is CCc1c(C)nc2cc(-c3cccs3)nn2c1NCCCN(CC)CC. The van der Waals surface area contributed by atoms with Crippen molar-refractivity contribution in [1.29, 1.82) is 0 Å². The van der Waals surface area contributed by atoms with Crippen molar-refractivity contribution in [2.45, 2.75) is 40.5 Å². The van der Waals surface area contributed by atoms with Crippen molar-refractivity contribution in [2.24, 2.45) is 0 Å². The fraction of sp³-hybridized carbons (Fsp3) is 0.500. The van der Waals surface area contributed by atoms with Gasteiger partial charge in [-0.1, -0.05) is 26.8 Å². The molecule has 0 atom stereocenters. The molecule has 5 nitrogen and oxygen atoms in total. The Labute approximate surface area is 160 Å². The Kier molecular flexibility index (Phi) is 6.27. The topological polar surface area (TPSA) is 45.5 Å². The summed E-state index contributed by atoms with van der Waals surface area (Å²) in [7, 11) is 0. The van der Waals surface area contributed by atoms with Crippen molar-refractivity contribution in [1.82, 2.24) is 19.5 Å². The van der Waals surface area contributed by atoms with Crippen LogP contribution >= 0.6 is 11.3 Å². The van der Waals surface area contributed by atoms with Crippen LogP contribution in [0, 0.1) is 6.92 Å². The summed E-state index contributed by atoms with van der Waals surface area (Å²) in [5.41, 5.74) is 4.24. The normalized spacial score (nSPS) is 11.6. The lowest BCUT2D eigenvalue weighted by Crippen LogP contribution is -2.25. The van der Waals surface area contributed by atoms with Gasteiger partial charge in [-0.15, -0.1) is 11.3 Å². The largest absolute Gasteiger partial charge is 0.370 e. The number of anilines is 1. The third-order valence-electron chi connectivity index (χ3n) is 4.87. The highest BCUT2D eigenvalue weighted by Crippen LogP contribution is 2.27. The zero-order valence-electron chi connectivity index (χ0n) is 16.2. The lowest BCUT2D eigenvalue weighted by Gasteiger charge is -2.19. The number of thiophene rings is 1. The van der Waals surface area contributed by atoms with Crippen LogP contribution in [0.3, 0.4) is 0 Å². The molecular weight excluding hydrogens is 342 g/mol. The quantitative estimate of drug-likeness (QED) is 0.564. The minimum Gasteiger partial charge on any atom is -0.370 e. The van der Waals surface area contributed by atoms with E-state index in [1.54, 1.807) is 11.3 Å². The van der Waals surface area contributed by atoms with E-state index in [2.05, 4.69) is 61.5 Å². The predicted molar refractivity (Wildman–Crippen MR) is 111 cm³/mol. The first kappa shape index (κ1) is 18.9. The Bertz CT molecular complexity index is 834. The Morgan fingerprint density at radius 2 is 2.04 bits per heavy atom. The first-order valence-corrected chi connectivity index (χ1v) is 10.4. The van der Waals surface area contributed by atoms with Gasteiger partial charge in [-0.3, -0.25) is 0 Å². The number of aryl methyl sites for hydroxylation is 1. The number of aromatic nitrogens is 3. The van der Waals surface area contributed by atoms with Crippen LogP contribution in [0.1, 0.15) is 38.4 Å². The molecule has 3 rings (SSSR count). The molecule has 1 N–H and O–H groups in total. The van der Waals surface area contributed by atoms with Gasteiger partial charge >= 0.3 is 0 Å². The van der Waals surface area contributed by atoms with Crippen LogP contribution in [0.5, 0.6) is 0 Å². The van der Waals surface area contributed by atoms with E-state index in [0.29, 0.717) is 0 Å². The number of rotatable bonds is 9. The molecule has 0 amide bonds. The van der Waals surface area contributed by atoms with Gasteiger partial charge in [0, 0.05) is 23.9 Å². The van der Waals surface area contributed by atoms with Gasteiger partial charge in [0.25, 0.3) is 0 Å². The summed E-state index contributed by atoms with van der Waals surface area (Å²) < 4.78 is 1.98. The van der Waals surface area contributed by atoms with Crippen LogP contribution < -0.4 is 5.32 Å². The first-order chi connectivity index (χ1) is 12.7. The van der Waals surface area contributed by atoms with Gasteiger partial charge in [0.2, 0.25) is 0 Å². The molecule has 0 unspecified atom stereocenters. The van der Waals surface area contributed by atoms with Crippen LogP contribution in [0.4, 0.5) is 5.82 Å². The summed E-state index contributed by atoms with van der Waals surface area (Å²) >= 11 is 1.71. The number of fused-ring (bicyclic) bond motifs is 1. The van der Waals surface area contributed by atoms with Crippen molar-refractivity contribution in [2.75, 3.05) is 31.5 Å². The molecule has 0 radical (unpaired) electrons. The number of nitrogens with one attached hydrogen (secondary N) is 1. The minimum atomic E-state index is 0.911. The smallest absolute Gasteiger partial charge is 0.158 e. The highest BCUT2D eigenvalue weighted by atomic mass is 32.1. The van der Waals surface area contributed by atoms with E-state index < -0.39 is 0 Å². The lowest BCUT2D eigenvalue weighted by atomic mass is 10.1. The average molecular weight is 372 g/mol. The van der Waals surface area contributed by atoms with E-state index in [9.17, 15) is 0 Å². The molecule has 0 aliphatic carbocycles. The van der Waals surface area contributed by atoms with Gasteiger partial charge < -0.3 is 10.2 Å². The molecule has 0 fully saturated rings. The summed E-state index contributed by atoms with van der Waals surface area (Å²) in [5, 5.41) is 10.6. The van der Waals surface area contributed by atoms with Crippen LogP contribution in [-0.4, -0.2) is 45.7 Å². The van der Waals surface area contributed by atoms with Gasteiger partial charge in [-0.25, -0.2) is 4.98 Å². The Balaban J connectivity index is 1.86. The van der Waals surface area contributed by atoms with Crippen LogP contribution in [0.15, 0.2) is 23.6 Å². The zero-order chi connectivity index (χ0) is 18.5. The zero-order valence-corrected chi connectivity index (χ0v) is 17.1. The number of hydrogen-bond acceptors (Lipinski definition) is 5. The van der Waals surface area contributed by atoms with Crippen molar-refractivity contribution < 1.29 is 0 Å². The fourth-order valence-electron chi connectivity index (χ4n) is 3.35. The summed E-state index contributed by atoms with van der Waals surface area (Å²) in [4.78, 5) is 8.41.